The average Bonchev–Trinajstić information content (AvgIpc) is 3.75. The van der Waals surface area contributed by atoms with Crippen LogP contribution in [0.2, 0.25) is 0 Å². The smallest absolute Gasteiger partial charge is 0.179 e. The van der Waals surface area contributed by atoms with Crippen molar-refractivity contribution in [3.05, 3.63) is 289 Å². The van der Waals surface area contributed by atoms with E-state index in [2.05, 4.69) is 211 Å². The lowest BCUT2D eigenvalue weighted by Gasteiger charge is -2.46. The highest BCUT2D eigenvalue weighted by atomic mass is 28.3. The Morgan fingerprint density at radius 2 is 0.859 bits per heavy atom. The first-order valence-electron chi connectivity index (χ1n) is 24.3. The van der Waals surface area contributed by atoms with Crippen molar-refractivity contribution in [1.82, 2.24) is 4.57 Å². The van der Waals surface area contributed by atoms with Crippen LogP contribution in [0, 0.1) is 0 Å². The van der Waals surface area contributed by atoms with E-state index in [0.717, 1.165) is 55.4 Å². The SMILES string of the molecule is [2H]c1c([2H])c([2H])c(N2c3ccccc3C(c3ccccc3)(c3ccccc3)c3cc(-n4c5ccccc5c5ccc([Si](c6ccccc6)(c6ccccc6)c6ccccc6)cc54)ccc32)c([2H])c1[2H]. The van der Waals surface area contributed by atoms with E-state index in [1.807, 2.05) is 35.2 Å². The van der Waals surface area contributed by atoms with Crippen molar-refractivity contribution in [2.45, 2.75) is 5.41 Å². The Morgan fingerprint density at radius 3 is 1.47 bits per heavy atom. The first-order chi connectivity index (χ1) is 33.8. The molecule has 0 unspecified atom stereocenters. The summed E-state index contributed by atoms with van der Waals surface area (Å²) in [6, 6.07) is 82.6. The second-order valence-corrected chi connectivity index (χ2v) is 20.3. The molecule has 0 atom stereocenters. The van der Waals surface area contributed by atoms with E-state index in [4.69, 9.17) is 4.11 Å². The summed E-state index contributed by atoms with van der Waals surface area (Å²) in [6.45, 7) is 0. The molecule has 302 valence electrons. The molecule has 0 N–H and O–H groups in total. The van der Waals surface area contributed by atoms with Gasteiger partial charge in [-0.1, -0.05) is 218 Å². The Kier molecular flexibility index (Phi) is 7.88. The number of benzene rings is 10. The fourth-order valence-corrected chi connectivity index (χ4v) is 15.5. The molecule has 1 aliphatic heterocycles. The third-order valence-corrected chi connectivity index (χ3v) is 18.1. The van der Waals surface area contributed by atoms with Gasteiger partial charge >= 0.3 is 0 Å². The van der Waals surface area contributed by atoms with E-state index in [1.165, 1.54) is 20.7 Å². The highest BCUT2D eigenvalue weighted by Gasteiger charge is 2.47. The lowest BCUT2D eigenvalue weighted by molar-refractivity contribution is 0.730. The van der Waals surface area contributed by atoms with Gasteiger partial charge in [0.05, 0.1) is 34.7 Å². The summed E-state index contributed by atoms with van der Waals surface area (Å²) >= 11 is 0. The molecule has 0 aliphatic carbocycles. The van der Waals surface area contributed by atoms with Crippen LogP contribution in [0.15, 0.2) is 267 Å². The van der Waals surface area contributed by atoms with Crippen molar-refractivity contribution in [3.8, 4) is 5.69 Å². The number of fused-ring (bicyclic) bond motifs is 5. The predicted molar refractivity (Wildman–Crippen MR) is 271 cm³/mol. The number of para-hydroxylation sites is 3. The highest BCUT2D eigenvalue weighted by Crippen LogP contribution is 2.58. The Morgan fingerprint density at radius 1 is 0.359 bits per heavy atom. The lowest BCUT2D eigenvalue weighted by Crippen LogP contribution is -2.74. The minimum absolute atomic E-state index is 0.0997. The summed E-state index contributed by atoms with van der Waals surface area (Å²) < 4.78 is 47.4. The van der Waals surface area contributed by atoms with Crippen LogP contribution in [0.5, 0.6) is 0 Å². The fourth-order valence-electron chi connectivity index (χ4n) is 10.7. The van der Waals surface area contributed by atoms with Crippen molar-refractivity contribution >= 4 is 67.7 Å². The van der Waals surface area contributed by atoms with Crippen LogP contribution in [0.25, 0.3) is 27.5 Å². The maximum Gasteiger partial charge on any atom is 0.179 e. The molecule has 12 rings (SSSR count). The van der Waals surface area contributed by atoms with Gasteiger partial charge in [-0.25, -0.2) is 0 Å². The zero-order chi connectivity index (χ0) is 46.9. The molecule has 0 spiro atoms. The molecule has 10 aromatic carbocycles. The van der Waals surface area contributed by atoms with E-state index in [9.17, 15) is 2.74 Å². The zero-order valence-electron chi connectivity index (χ0n) is 39.9. The van der Waals surface area contributed by atoms with Gasteiger partial charge in [-0.3, -0.25) is 0 Å². The zero-order valence-corrected chi connectivity index (χ0v) is 35.9. The average molecular weight is 838 g/mol. The summed E-state index contributed by atoms with van der Waals surface area (Å²) in [7, 11) is -2.93. The van der Waals surface area contributed by atoms with E-state index in [0.29, 0.717) is 5.69 Å². The summed E-state index contributed by atoms with van der Waals surface area (Å²) in [5.74, 6) is 0. The Hall–Kier alpha value is -7.98. The van der Waals surface area contributed by atoms with Crippen molar-refractivity contribution in [1.29, 1.82) is 0 Å². The van der Waals surface area contributed by atoms with Crippen molar-refractivity contribution in [2.75, 3.05) is 4.90 Å². The van der Waals surface area contributed by atoms with E-state index < -0.39 is 19.5 Å². The van der Waals surface area contributed by atoms with Crippen molar-refractivity contribution < 1.29 is 6.85 Å². The van der Waals surface area contributed by atoms with Gasteiger partial charge in [0.1, 0.15) is 0 Å². The van der Waals surface area contributed by atoms with Gasteiger partial charge in [-0.2, -0.15) is 0 Å². The monoisotopic (exact) mass is 837 g/mol. The maximum atomic E-state index is 9.36. The molecule has 11 aromatic rings. The number of anilines is 3. The molecule has 0 fully saturated rings. The second-order valence-electron chi connectivity index (χ2n) is 16.4. The fraction of sp³-hybridized carbons (Fsp3) is 0.0164. The number of nitrogens with zero attached hydrogens (tertiary/aromatic N) is 2. The molecule has 64 heavy (non-hydrogen) atoms. The van der Waals surface area contributed by atoms with E-state index in [1.54, 1.807) is 0 Å². The number of rotatable bonds is 8. The molecule has 2 nitrogen and oxygen atoms in total. The van der Waals surface area contributed by atoms with Crippen LogP contribution in [0.1, 0.15) is 29.1 Å². The Labute approximate surface area is 382 Å². The van der Waals surface area contributed by atoms with Crippen LogP contribution in [0.3, 0.4) is 0 Å². The Balaban J connectivity index is 1.21. The minimum Gasteiger partial charge on any atom is -0.310 e. The molecule has 1 aliphatic rings. The van der Waals surface area contributed by atoms with Crippen LogP contribution in [0.4, 0.5) is 17.1 Å². The molecule has 0 saturated carbocycles. The molecule has 0 bridgehead atoms. The second kappa shape index (κ2) is 15.4. The van der Waals surface area contributed by atoms with Crippen LogP contribution in [-0.4, -0.2) is 12.6 Å². The van der Waals surface area contributed by atoms with Gasteiger partial charge in [-0.15, -0.1) is 0 Å². The first-order valence-corrected chi connectivity index (χ1v) is 23.8. The molecule has 1 aromatic heterocycles. The minimum atomic E-state index is -2.93. The predicted octanol–water partition coefficient (Wildman–Crippen LogP) is 12.3. The largest absolute Gasteiger partial charge is 0.310 e. The number of hydrogen-bond acceptors (Lipinski definition) is 1. The molecular formula is C61H44N2Si. The lowest BCUT2D eigenvalue weighted by atomic mass is 9.62. The molecular weight excluding hydrogens is 789 g/mol. The molecule has 0 saturated heterocycles. The summed E-state index contributed by atoms with van der Waals surface area (Å²) in [5, 5.41) is 7.39. The first kappa shape index (κ1) is 32.7. The molecule has 2 heterocycles. The normalized spacial score (nSPS) is 14.2. The summed E-state index contributed by atoms with van der Waals surface area (Å²) in [5.41, 5.74) is 7.60. The Bertz CT molecular complexity index is 3570. The molecule has 0 amide bonds. The van der Waals surface area contributed by atoms with Gasteiger partial charge < -0.3 is 9.47 Å². The van der Waals surface area contributed by atoms with E-state index in [-0.39, 0.29) is 29.9 Å². The summed E-state index contributed by atoms with van der Waals surface area (Å²) in [4.78, 5) is 1.89. The standard InChI is InChI=1S/C61H44N2Si/c1-7-23-45(24-8-1)61(46-25-9-2-10-26-46)55-36-20-22-38-58(55)62(47-27-11-3-12-28-47)59-42-39-48(43-56(59)61)63-57-37-21-19-35-53(57)54-41-40-52(44-60(54)63)64(49-29-13-4-14-30-49,50-31-15-5-16-32-50)51-33-17-6-18-34-51/h1-44H/i3D,11D,12D,27D,28D. The van der Waals surface area contributed by atoms with Gasteiger partial charge in [0.15, 0.2) is 8.07 Å². The highest BCUT2D eigenvalue weighted by molar-refractivity contribution is 7.20. The summed E-state index contributed by atoms with van der Waals surface area (Å²) in [6.07, 6.45) is 0. The van der Waals surface area contributed by atoms with Crippen molar-refractivity contribution in [2.24, 2.45) is 0 Å². The van der Waals surface area contributed by atoms with E-state index >= 15 is 0 Å². The van der Waals surface area contributed by atoms with Crippen molar-refractivity contribution in [3.63, 3.8) is 0 Å². The third-order valence-electron chi connectivity index (χ3n) is 13.3. The van der Waals surface area contributed by atoms with Gasteiger partial charge in [0, 0.05) is 22.1 Å². The van der Waals surface area contributed by atoms with Crippen LogP contribution < -0.4 is 25.6 Å². The quantitative estimate of drug-likeness (QED) is 0.109. The van der Waals surface area contributed by atoms with Crippen LogP contribution >= 0.6 is 0 Å². The van der Waals surface area contributed by atoms with Gasteiger partial charge in [0.25, 0.3) is 0 Å². The number of aromatic nitrogens is 1. The third kappa shape index (κ3) is 5.64. The van der Waals surface area contributed by atoms with Gasteiger partial charge in [-0.05, 0) is 91.5 Å². The molecule has 3 heteroatoms. The molecule has 0 radical (unpaired) electrons. The maximum absolute atomic E-state index is 9.36. The van der Waals surface area contributed by atoms with Gasteiger partial charge in [0.2, 0.25) is 0 Å². The number of hydrogen-bond donors (Lipinski definition) is 0. The van der Waals surface area contributed by atoms with Crippen LogP contribution in [-0.2, 0) is 5.41 Å². The topological polar surface area (TPSA) is 8.17 Å².